The molecule has 0 radical (unpaired) electrons. The van der Waals surface area contributed by atoms with E-state index in [0.29, 0.717) is 0 Å². The normalized spacial score (nSPS) is 12.3. The first-order valence-electron chi connectivity index (χ1n) is 15.8. The fourth-order valence-electron chi connectivity index (χ4n) is 6.59. The number of fused-ring (bicyclic) bond motifs is 3. The zero-order valence-electron chi connectivity index (χ0n) is 26.7. The van der Waals surface area contributed by atoms with Crippen LogP contribution >= 0.6 is 0 Å². The number of benzene rings is 7. The number of hydrogen-bond acceptors (Lipinski definition) is 0. The maximum atomic E-state index is 2.46. The Hall–Kier alpha value is -4.68. The maximum Gasteiger partial charge on any atom is -0.00260 e. The minimum atomic E-state index is 0.0385. The number of rotatable bonds is 3. The van der Waals surface area contributed by atoms with Gasteiger partial charge in [-0.2, -0.15) is 0 Å². The topological polar surface area (TPSA) is 0 Å². The minimum Gasteiger partial charge on any atom is -0.0622 e. The van der Waals surface area contributed by atoms with Crippen molar-refractivity contribution in [2.24, 2.45) is 0 Å². The summed E-state index contributed by atoms with van der Waals surface area (Å²) in [6, 6.07) is 49.8. The van der Waals surface area contributed by atoms with Gasteiger partial charge in [-0.05, 0) is 106 Å². The molecule has 0 atom stereocenters. The molecule has 0 aliphatic carbocycles. The lowest BCUT2D eigenvalue weighted by atomic mass is 9.79. The zero-order chi connectivity index (χ0) is 30.6. The van der Waals surface area contributed by atoms with Gasteiger partial charge in [-0.25, -0.2) is 0 Å². The van der Waals surface area contributed by atoms with Gasteiger partial charge < -0.3 is 0 Å². The van der Waals surface area contributed by atoms with Crippen LogP contribution in [0.5, 0.6) is 0 Å². The smallest absolute Gasteiger partial charge is 0.00260 e. The van der Waals surface area contributed by atoms with E-state index in [2.05, 4.69) is 175 Å². The van der Waals surface area contributed by atoms with Crippen molar-refractivity contribution in [3.8, 4) is 33.4 Å². The third kappa shape index (κ3) is 4.99. The van der Waals surface area contributed by atoms with Crippen LogP contribution in [0.1, 0.15) is 52.7 Å². The van der Waals surface area contributed by atoms with E-state index in [0.717, 1.165) is 0 Å². The van der Waals surface area contributed by atoms with Gasteiger partial charge in [0.1, 0.15) is 0 Å². The van der Waals surface area contributed by atoms with Crippen molar-refractivity contribution in [1.82, 2.24) is 0 Å². The molecule has 0 spiro atoms. The highest BCUT2D eigenvalue weighted by molar-refractivity contribution is 6.22. The highest BCUT2D eigenvalue weighted by atomic mass is 14.3. The summed E-state index contributed by atoms with van der Waals surface area (Å²) in [6.07, 6.45) is 0. The van der Waals surface area contributed by atoms with Crippen LogP contribution in [0.15, 0.2) is 133 Å². The molecule has 0 N–H and O–H groups in total. The molecule has 0 amide bonds. The van der Waals surface area contributed by atoms with Gasteiger partial charge in [-0.15, -0.1) is 0 Å². The Balaban J connectivity index is 1.60. The predicted molar refractivity (Wildman–Crippen MR) is 193 cm³/mol. The molecule has 216 valence electrons. The van der Waals surface area contributed by atoms with Crippen LogP contribution in [0, 0.1) is 0 Å². The van der Waals surface area contributed by atoms with Crippen LogP contribution in [0.3, 0.4) is 0 Å². The van der Waals surface area contributed by atoms with Gasteiger partial charge in [0.05, 0.1) is 0 Å². The Labute approximate surface area is 262 Å². The molecule has 0 nitrogen and oxygen atoms in total. The van der Waals surface area contributed by atoms with E-state index in [1.54, 1.807) is 0 Å². The fourth-order valence-corrected chi connectivity index (χ4v) is 6.59. The first-order valence-corrected chi connectivity index (χ1v) is 15.8. The molecular formula is C44H40. The summed E-state index contributed by atoms with van der Waals surface area (Å²) in [5.74, 6) is 0. The molecule has 0 aromatic heterocycles. The summed E-state index contributed by atoms with van der Waals surface area (Å²) < 4.78 is 0. The standard InChI is InChI=1S/C44H40/c1-43(2,3)35-23-25-38-39(27-35)41(32-19-16-31(17-20-32)29-12-8-7-9-13-29)37-24-22-36(44(4,5)6)28-40(37)42(38)34-21-18-30-14-10-11-15-33(30)26-34/h7-28H,1-6H3. The van der Waals surface area contributed by atoms with E-state index in [1.165, 1.54) is 76.8 Å². The molecule has 7 aromatic rings. The highest BCUT2D eigenvalue weighted by Crippen LogP contribution is 2.46. The SMILES string of the molecule is CC(C)(C)c1ccc2c(-c3ccc4ccccc4c3)c3cc(C(C)(C)C)ccc3c(-c3ccc(-c4ccccc4)cc3)c2c1. The monoisotopic (exact) mass is 568 g/mol. The van der Waals surface area contributed by atoms with Crippen molar-refractivity contribution < 1.29 is 0 Å². The van der Waals surface area contributed by atoms with Crippen molar-refractivity contribution >= 4 is 32.3 Å². The summed E-state index contributed by atoms with van der Waals surface area (Å²) in [4.78, 5) is 0. The lowest BCUT2D eigenvalue weighted by Crippen LogP contribution is -2.11. The van der Waals surface area contributed by atoms with Gasteiger partial charge in [-0.3, -0.25) is 0 Å². The quantitative estimate of drug-likeness (QED) is 0.186. The average molecular weight is 569 g/mol. The molecule has 0 saturated heterocycles. The lowest BCUT2D eigenvalue weighted by molar-refractivity contribution is 0.590. The molecule has 0 aliphatic rings. The van der Waals surface area contributed by atoms with Crippen LogP contribution in [0.4, 0.5) is 0 Å². The number of hydrogen-bond donors (Lipinski definition) is 0. The molecular weight excluding hydrogens is 528 g/mol. The van der Waals surface area contributed by atoms with Crippen molar-refractivity contribution in [3.05, 3.63) is 145 Å². The molecule has 7 aromatic carbocycles. The van der Waals surface area contributed by atoms with E-state index in [1.807, 2.05) is 0 Å². The Bertz CT molecular complexity index is 2150. The van der Waals surface area contributed by atoms with E-state index >= 15 is 0 Å². The van der Waals surface area contributed by atoms with Crippen molar-refractivity contribution in [1.29, 1.82) is 0 Å². The van der Waals surface area contributed by atoms with Gasteiger partial charge in [-0.1, -0.05) is 157 Å². The average Bonchev–Trinajstić information content (AvgIpc) is 3.02. The Kier molecular flexibility index (Phi) is 6.70. The lowest BCUT2D eigenvalue weighted by Gasteiger charge is -2.25. The molecule has 0 heteroatoms. The molecule has 0 bridgehead atoms. The molecule has 0 unspecified atom stereocenters. The van der Waals surface area contributed by atoms with Gasteiger partial charge in [0, 0.05) is 0 Å². The third-order valence-electron chi connectivity index (χ3n) is 9.17. The molecule has 0 fully saturated rings. The molecule has 0 heterocycles. The molecule has 7 rings (SSSR count). The molecule has 0 saturated carbocycles. The Morgan fingerprint density at radius 1 is 0.318 bits per heavy atom. The Morgan fingerprint density at radius 3 is 1.34 bits per heavy atom. The van der Waals surface area contributed by atoms with Gasteiger partial charge in [0.15, 0.2) is 0 Å². The summed E-state index contributed by atoms with van der Waals surface area (Å²) in [5, 5.41) is 7.76. The van der Waals surface area contributed by atoms with Crippen LogP contribution in [-0.2, 0) is 10.8 Å². The van der Waals surface area contributed by atoms with Gasteiger partial charge >= 0.3 is 0 Å². The minimum absolute atomic E-state index is 0.0385. The van der Waals surface area contributed by atoms with E-state index < -0.39 is 0 Å². The molecule has 0 aliphatic heterocycles. The summed E-state index contributed by atoms with van der Waals surface area (Å²) >= 11 is 0. The Morgan fingerprint density at radius 2 is 0.773 bits per heavy atom. The van der Waals surface area contributed by atoms with E-state index in [4.69, 9.17) is 0 Å². The van der Waals surface area contributed by atoms with Crippen molar-refractivity contribution in [2.75, 3.05) is 0 Å². The second kappa shape index (κ2) is 10.5. The largest absolute Gasteiger partial charge is 0.0622 e. The highest BCUT2D eigenvalue weighted by Gasteiger charge is 2.22. The van der Waals surface area contributed by atoms with Crippen molar-refractivity contribution in [3.63, 3.8) is 0 Å². The van der Waals surface area contributed by atoms with Crippen LogP contribution in [0.25, 0.3) is 65.7 Å². The van der Waals surface area contributed by atoms with Crippen LogP contribution in [-0.4, -0.2) is 0 Å². The van der Waals surface area contributed by atoms with Crippen LogP contribution < -0.4 is 0 Å². The first kappa shape index (κ1) is 28.1. The summed E-state index contributed by atoms with van der Waals surface area (Å²) in [6.45, 7) is 13.9. The molecule has 44 heavy (non-hydrogen) atoms. The first-order chi connectivity index (χ1) is 21.1. The van der Waals surface area contributed by atoms with Crippen LogP contribution in [0.2, 0.25) is 0 Å². The van der Waals surface area contributed by atoms with E-state index in [-0.39, 0.29) is 10.8 Å². The predicted octanol–water partition coefficient (Wildman–Crippen LogP) is 12.7. The van der Waals surface area contributed by atoms with Crippen molar-refractivity contribution in [2.45, 2.75) is 52.4 Å². The van der Waals surface area contributed by atoms with E-state index in [9.17, 15) is 0 Å². The fraction of sp³-hybridized carbons (Fsp3) is 0.182. The second-order valence-electron chi connectivity index (χ2n) is 14.3. The van der Waals surface area contributed by atoms with Gasteiger partial charge in [0.25, 0.3) is 0 Å². The third-order valence-corrected chi connectivity index (χ3v) is 9.17. The maximum absolute atomic E-state index is 2.46. The summed E-state index contributed by atoms with van der Waals surface area (Å²) in [5.41, 5.74) is 10.4. The summed E-state index contributed by atoms with van der Waals surface area (Å²) in [7, 11) is 0. The zero-order valence-corrected chi connectivity index (χ0v) is 26.7. The van der Waals surface area contributed by atoms with Gasteiger partial charge in [0.2, 0.25) is 0 Å². The second-order valence-corrected chi connectivity index (χ2v) is 14.3.